The van der Waals surface area contributed by atoms with Crippen LogP contribution in [0.3, 0.4) is 0 Å². The van der Waals surface area contributed by atoms with Crippen LogP contribution >= 0.6 is 0 Å². The van der Waals surface area contributed by atoms with E-state index in [1.54, 1.807) is 6.07 Å². The van der Waals surface area contributed by atoms with E-state index in [2.05, 4.69) is 31.1 Å². The summed E-state index contributed by atoms with van der Waals surface area (Å²) in [7, 11) is 0. The van der Waals surface area contributed by atoms with Crippen molar-refractivity contribution in [2.24, 2.45) is 5.92 Å². The molecule has 2 rings (SSSR count). The molecule has 0 spiro atoms. The summed E-state index contributed by atoms with van der Waals surface area (Å²) in [6.45, 7) is 6.33. The van der Waals surface area contributed by atoms with Gasteiger partial charge in [0.15, 0.2) is 5.58 Å². The lowest BCUT2D eigenvalue weighted by Gasteiger charge is -2.18. The third kappa shape index (κ3) is 2.83. The third-order valence-corrected chi connectivity index (χ3v) is 3.43. The van der Waals surface area contributed by atoms with Crippen LogP contribution in [-0.4, -0.2) is 15.9 Å². The molecule has 0 aliphatic carbocycles. The highest BCUT2D eigenvalue weighted by Gasteiger charge is 2.15. The lowest BCUT2D eigenvalue weighted by Crippen LogP contribution is -2.23. The number of nitrogens with zero attached hydrogens (tertiary/aromatic N) is 2. The minimum absolute atomic E-state index is 0.00479. The number of anilines is 1. The molecule has 2 unspecified atom stereocenters. The number of hydrogen-bond donors (Lipinski definition) is 1. The predicted octanol–water partition coefficient (Wildman–Crippen LogP) is 3.58. The van der Waals surface area contributed by atoms with E-state index in [0.717, 1.165) is 6.42 Å². The van der Waals surface area contributed by atoms with E-state index in [4.69, 9.17) is 4.42 Å². The van der Waals surface area contributed by atoms with E-state index in [0.29, 0.717) is 23.0 Å². The van der Waals surface area contributed by atoms with Crippen LogP contribution in [0.4, 0.5) is 11.7 Å². The Morgan fingerprint density at radius 3 is 2.84 bits per heavy atom. The molecule has 1 N–H and O–H groups in total. The minimum Gasteiger partial charge on any atom is -0.423 e. The summed E-state index contributed by atoms with van der Waals surface area (Å²) in [5.74, 6) is 0.490. The second-order valence-corrected chi connectivity index (χ2v) is 4.75. The van der Waals surface area contributed by atoms with Gasteiger partial charge in [0.1, 0.15) is 5.52 Å². The molecule has 102 valence electrons. The number of benzene rings is 1. The smallest absolute Gasteiger partial charge is 0.295 e. The Morgan fingerprint density at radius 2 is 2.21 bits per heavy atom. The molecule has 2 atom stereocenters. The Kier molecular flexibility index (Phi) is 3.69. The van der Waals surface area contributed by atoms with Gasteiger partial charge in [0, 0.05) is 12.1 Å². The Labute approximate surface area is 111 Å². The Balaban J connectivity index is 2.24. The third-order valence-electron chi connectivity index (χ3n) is 3.43. The molecule has 1 heterocycles. The molecule has 1 aromatic heterocycles. The summed E-state index contributed by atoms with van der Waals surface area (Å²) in [6.07, 6.45) is 1.06. The van der Waals surface area contributed by atoms with E-state index >= 15 is 0 Å². The molecular formula is C13H17N3O3. The van der Waals surface area contributed by atoms with Crippen LogP contribution in [0.25, 0.3) is 11.1 Å². The first-order valence-corrected chi connectivity index (χ1v) is 6.32. The van der Waals surface area contributed by atoms with Gasteiger partial charge in [0.25, 0.3) is 11.7 Å². The lowest BCUT2D eigenvalue weighted by atomic mass is 10.0. The Morgan fingerprint density at radius 1 is 1.47 bits per heavy atom. The molecule has 1 aromatic carbocycles. The zero-order valence-corrected chi connectivity index (χ0v) is 11.2. The number of hydrogen-bond acceptors (Lipinski definition) is 5. The van der Waals surface area contributed by atoms with Crippen molar-refractivity contribution in [2.45, 2.75) is 33.2 Å². The number of nitro benzene ring substituents is 1. The predicted molar refractivity (Wildman–Crippen MR) is 73.2 cm³/mol. The van der Waals surface area contributed by atoms with Gasteiger partial charge in [-0.3, -0.25) is 10.1 Å². The molecule has 0 bridgehead atoms. The molecular weight excluding hydrogens is 246 g/mol. The van der Waals surface area contributed by atoms with Gasteiger partial charge in [0.2, 0.25) is 0 Å². The van der Waals surface area contributed by atoms with Crippen LogP contribution in [-0.2, 0) is 0 Å². The molecule has 2 aromatic rings. The highest BCUT2D eigenvalue weighted by molar-refractivity contribution is 5.77. The molecule has 6 nitrogen and oxygen atoms in total. The molecule has 0 aliphatic rings. The first kappa shape index (κ1) is 13.3. The Bertz CT molecular complexity index is 594. The zero-order valence-electron chi connectivity index (χ0n) is 11.2. The van der Waals surface area contributed by atoms with Crippen LogP contribution in [0.1, 0.15) is 27.2 Å². The highest BCUT2D eigenvalue weighted by Crippen LogP contribution is 2.24. The Hall–Kier alpha value is -2.11. The van der Waals surface area contributed by atoms with Crippen molar-refractivity contribution in [2.75, 3.05) is 5.32 Å². The number of aromatic nitrogens is 1. The maximum atomic E-state index is 10.7. The van der Waals surface area contributed by atoms with Crippen molar-refractivity contribution in [3.8, 4) is 0 Å². The van der Waals surface area contributed by atoms with Gasteiger partial charge in [0.05, 0.1) is 11.0 Å². The van der Waals surface area contributed by atoms with Gasteiger partial charge in [-0.1, -0.05) is 20.3 Å². The largest absolute Gasteiger partial charge is 0.423 e. The summed E-state index contributed by atoms with van der Waals surface area (Å²) < 4.78 is 5.50. The van der Waals surface area contributed by atoms with Crippen molar-refractivity contribution in [1.82, 2.24) is 4.98 Å². The summed E-state index contributed by atoms with van der Waals surface area (Å²) in [6, 6.07) is 5.04. The number of fused-ring (bicyclic) bond motifs is 1. The lowest BCUT2D eigenvalue weighted by molar-refractivity contribution is -0.384. The van der Waals surface area contributed by atoms with Gasteiger partial charge >= 0.3 is 0 Å². The van der Waals surface area contributed by atoms with Gasteiger partial charge in [-0.25, -0.2) is 0 Å². The molecule has 19 heavy (non-hydrogen) atoms. The normalized spacial score (nSPS) is 14.3. The fraction of sp³-hybridized carbons (Fsp3) is 0.462. The fourth-order valence-corrected chi connectivity index (χ4v) is 1.78. The zero-order chi connectivity index (χ0) is 14.0. The molecule has 0 radical (unpaired) electrons. The molecule has 0 fully saturated rings. The topological polar surface area (TPSA) is 81.2 Å². The molecule has 0 amide bonds. The maximum absolute atomic E-state index is 10.7. The molecule has 0 aliphatic heterocycles. The van der Waals surface area contributed by atoms with Crippen LogP contribution < -0.4 is 5.32 Å². The average Bonchev–Trinajstić information content (AvgIpc) is 2.78. The summed E-state index contributed by atoms with van der Waals surface area (Å²) in [5.41, 5.74) is 1.04. The van der Waals surface area contributed by atoms with Crippen molar-refractivity contribution in [3.63, 3.8) is 0 Å². The van der Waals surface area contributed by atoms with Gasteiger partial charge in [-0.2, -0.15) is 4.98 Å². The van der Waals surface area contributed by atoms with E-state index in [1.165, 1.54) is 12.1 Å². The highest BCUT2D eigenvalue weighted by atomic mass is 16.6. The maximum Gasteiger partial charge on any atom is 0.295 e. The monoisotopic (exact) mass is 263 g/mol. The van der Waals surface area contributed by atoms with Crippen molar-refractivity contribution in [3.05, 3.63) is 28.3 Å². The molecule has 0 saturated heterocycles. The second-order valence-electron chi connectivity index (χ2n) is 4.75. The number of rotatable bonds is 5. The first-order chi connectivity index (χ1) is 9.01. The van der Waals surface area contributed by atoms with E-state index in [-0.39, 0.29) is 11.7 Å². The summed E-state index contributed by atoms with van der Waals surface area (Å²) in [4.78, 5) is 14.5. The van der Waals surface area contributed by atoms with Gasteiger partial charge in [-0.15, -0.1) is 0 Å². The van der Waals surface area contributed by atoms with Gasteiger partial charge < -0.3 is 9.73 Å². The average molecular weight is 263 g/mol. The standard InChI is InChI=1S/C13H17N3O3/c1-4-8(2)9(3)14-13-15-11-6-5-10(16(17)18)7-12(11)19-13/h5-9H,4H2,1-3H3,(H,14,15). The number of nitrogens with one attached hydrogen (secondary N) is 1. The van der Waals surface area contributed by atoms with Crippen molar-refractivity contribution in [1.29, 1.82) is 0 Å². The quantitative estimate of drug-likeness (QED) is 0.658. The first-order valence-electron chi connectivity index (χ1n) is 6.32. The summed E-state index contributed by atoms with van der Waals surface area (Å²) in [5, 5.41) is 13.9. The van der Waals surface area contributed by atoms with Crippen LogP contribution in [0.15, 0.2) is 22.6 Å². The molecule has 0 saturated carbocycles. The van der Waals surface area contributed by atoms with Crippen molar-refractivity contribution < 1.29 is 9.34 Å². The summed E-state index contributed by atoms with van der Waals surface area (Å²) >= 11 is 0. The van der Waals surface area contributed by atoms with E-state index in [9.17, 15) is 10.1 Å². The van der Waals surface area contributed by atoms with Crippen LogP contribution in [0.5, 0.6) is 0 Å². The number of non-ortho nitro benzene ring substituents is 1. The minimum atomic E-state index is -0.448. The SMILES string of the molecule is CCC(C)C(C)Nc1nc2ccc([N+](=O)[O-])cc2o1. The second kappa shape index (κ2) is 5.26. The number of oxazole rings is 1. The van der Waals surface area contributed by atoms with Crippen LogP contribution in [0, 0.1) is 16.0 Å². The van der Waals surface area contributed by atoms with E-state index in [1.807, 2.05) is 0 Å². The van der Waals surface area contributed by atoms with E-state index < -0.39 is 4.92 Å². The van der Waals surface area contributed by atoms with Crippen molar-refractivity contribution >= 4 is 22.8 Å². The van der Waals surface area contributed by atoms with Crippen LogP contribution in [0.2, 0.25) is 0 Å². The number of nitro groups is 1. The molecule has 6 heteroatoms. The van der Waals surface area contributed by atoms with Gasteiger partial charge in [-0.05, 0) is 18.9 Å². The fourth-order valence-electron chi connectivity index (χ4n) is 1.78.